The van der Waals surface area contributed by atoms with Crippen molar-refractivity contribution in [3.05, 3.63) is 29.8 Å². The second kappa shape index (κ2) is 7.23. The number of rotatable bonds is 5. The van der Waals surface area contributed by atoms with Crippen molar-refractivity contribution in [1.82, 2.24) is 4.31 Å². The van der Waals surface area contributed by atoms with Gasteiger partial charge in [0.05, 0.1) is 11.7 Å². The number of piperidine rings is 1. The molecule has 6 heteroatoms. The molecule has 2 aliphatic rings. The highest BCUT2D eigenvalue weighted by Gasteiger charge is 2.36. The fourth-order valence-corrected chi connectivity index (χ4v) is 5.37. The third-order valence-electron chi connectivity index (χ3n) is 5.04. The standard InChI is InChI=1S/C18H26N2O3S/c1-2-3-13-24(22,23)19-11-6-8-16(14-19)18(21)20-12-10-15-7-4-5-9-17(15)20/h4-5,7,9,16H,2-3,6,8,10-14H2,1H3/t16-/m1/s1. The Hall–Kier alpha value is -1.40. The topological polar surface area (TPSA) is 57.7 Å². The summed E-state index contributed by atoms with van der Waals surface area (Å²) < 4.78 is 26.4. The van der Waals surface area contributed by atoms with E-state index in [-0.39, 0.29) is 17.6 Å². The van der Waals surface area contributed by atoms with Crippen LogP contribution in [-0.4, -0.2) is 44.0 Å². The zero-order chi connectivity index (χ0) is 17.2. The van der Waals surface area contributed by atoms with Gasteiger partial charge in [-0.1, -0.05) is 31.5 Å². The van der Waals surface area contributed by atoms with Crippen molar-refractivity contribution >= 4 is 21.6 Å². The number of hydrogen-bond acceptors (Lipinski definition) is 3. The lowest BCUT2D eigenvalue weighted by Gasteiger charge is -2.33. The van der Waals surface area contributed by atoms with Crippen molar-refractivity contribution in [2.24, 2.45) is 5.92 Å². The van der Waals surface area contributed by atoms with Crippen LogP contribution < -0.4 is 4.90 Å². The summed E-state index contributed by atoms with van der Waals surface area (Å²) in [4.78, 5) is 14.8. The molecule has 0 N–H and O–H groups in total. The van der Waals surface area contributed by atoms with Gasteiger partial charge in [0.25, 0.3) is 0 Å². The fourth-order valence-electron chi connectivity index (χ4n) is 3.64. The highest BCUT2D eigenvalue weighted by Crippen LogP contribution is 2.31. The van der Waals surface area contributed by atoms with Crippen LogP contribution in [0.2, 0.25) is 0 Å². The Morgan fingerprint density at radius 1 is 1.25 bits per heavy atom. The summed E-state index contributed by atoms with van der Waals surface area (Å²) in [5, 5.41) is 0. The third kappa shape index (κ3) is 3.49. The van der Waals surface area contributed by atoms with E-state index in [1.54, 1.807) is 0 Å². The molecule has 5 nitrogen and oxygen atoms in total. The van der Waals surface area contributed by atoms with Crippen LogP contribution in [-0.2, 0) is 21.2 Å². The molecule has 0 aromatic heterocycles. The molecular weight excluding hydrogens is 324 g/mol. The zero-order valence-electron chi connectivity index (χ0n) is 14.3. The molecule has 1 saturated heterocycles. The van der Waals surface area contributed by atoms with Crippen LogP contribution in [0.4, 0.5) is 5.69 Å². The molecule has 3 rings (SSSR count). The molecule has 0 saturated carbocycles. The molecule has 1 atom stereocenters. The normalized spacial score (nSPS) is 21.7. The van der Waals surface area contributed by atoms with Crippen LogP contribution in [0.1, 0.15) is 38.2 Å². The molecule has 0 spiro atoms. The summed E-state index contributed by atoms with van der Waals surface area (Å²) in [7, 11) is -3.23. The molecule has 1 fully saturated rings. The molecule has 2 aliphatic heterocycles. The minimum Gasteiger partial charge on any atom is -0.312 e. The molecule has 1 aromatic rings. The fraction of sp³-hybridized carbons (Fsp3) is 0.611. The van der Waals surface area contributed by atoms with Gasteiger partial charge in [-0.2, -0.15) is 0 Å². The van der Waals surface area contributed by atoms with Gasteiger partial charge in [0, 0.05) is 25.3 Å². The largest absolute Gasteiger partial charge is 0.312 e. The monoisotopic (exact) mass is 350 g/mol. The van der Waals surface area contributed by atoms with E-state index in [9.17, 15) is 13.2 Å². The van der Waals surface area contributed by atoms with Gasteiger partial charge in [-0.05, 0) is 37.3 Å². The van der Waals surface area contributed by atoms with Crippen LogP contribution in [0.25, 0.3) is 0 Å². The first kappa shape index (κ1) is 17.4. The van der Waals surface area contributed by atoms with Gasteiger partial charge in [0.2, 0.25) is 15.9 Å². The molecule has 0 aliphatic carbocycles. The van der Waals surface area contributed by atoms with Crippen molar-refractivity contribution < 1.29 is 13.2 Å². The SMILES string of the molecule is CCCCS(=O)(=O)N1CCC[C@@H](C(=O)N2CCc3ccccc32)C1. The lowest BCUT2D eigenvalue weighted by Crippen LogP contribution is -2.47. The summed E-state index contributed by atoms with van der Waals surface area (Å²) in [5.41, 5.74) is 2.20. The molecule has 24 heavy (non-hydrogen) atoms. The molecule has 2 heterocycles. The predicted octanol–water partition coefficient (Wildman–Crippen LogP) is 2.42. The Balaban J connectivity index is 1.70. The number of carbonyl (C=O) groups excluding carboxylic acids is 1. The lowest BCUT2D eigenvalue weighted by molar-refractivity contribution is -0.123. The van der Waals surface area contributed by atoms with Gasteiger partial charge in [-0.15, -0.1) is 0 Å². The van der Waals surface area contributed by atoms with Crippen molar-refractivity contribution in [3.63, 3.8) is 0 Å². The summed E-state index contributed by atoms with van der Waals surface area (Å²) in [6.07, 6.45) is 3.96. The van der Waals surface area contributed by atoms with Crippen molar-refractivity contribution in [2.75, 3.05) is 30.3 Å². The number of hydrogen-bond donors (Lipinski definition) is 0. The number of amides is 1. The van der Waals surface area contributed by atoms with E-state index in [4.69, 9.17) is 0 Å². The first-order valence-electron chi connectivity index (χ1n) is 8.90. The molecular formula is C18H26N2O3S. The number of para-hydroxylation sites is 1. The summed E-state index contributed by atoms with van der Waals surface area (Å²) in [6.45, 7) is 3.58. The van der Waals surface area contributed by atoms with Crippen molar-refractivity contribution in [3.8, 4) is 0 Å². The number of carbonyl (C=O) groups is 1. The predicted molar refractivity (Wildman–Crippen MR) is 95.5 cm³/mol. The Kier molecular flexibility index (Phi) is 5.25. The first-order valence-corrected chi connectivity index (χ1v) is 10.5. The lowest BCUT2D eigenvalue weighted by atomic mass is 9.98. The zero-order valence-corrected chi connectivity index (χ0v) is 15.1. The number of benzene rings is 1. The molecule has 0 radical (unpaired) electrons. The van der Waals surface area contributed by atoms with Gasteiger partial charge in [-0.25, -0.2) is 12.7 Å². The smallest absolute Gasteiger partial charge is 0.231 e. The van der Waals surface area contributed by atoms with Gasteiger partial charge < -0.3 is 4.90 Å². The Bertz CT molecular complexity index is 702. The van der Waals surface area contributed by atoms with Gasteiger partial charge in [0.1, 0.15) is 0 Å². The summed E-state index contributed by atoms with van der Waals surface area (Å²) in [6, 6.07) is 7.99. The highest BCUT2D eigenvalue weighted by molar-refractivity contribution is 7.89. The molecule has 0 unspecified atom stereocenters. The van der Waals surface area contributed by atoms with E-state index in [0.29, 0.717) is 26.1 Å². The van der Waals surface area contributed by atoms with E-state index in [1.165, 1.54) is 9.87 Å². The molecule has 0 bridgehead atoms. The van der Waals surface area contributed by atoms with E-state index in [0.717, 1.165) is 31.4 Å². The Labute approximate surface area is 144 Å². The molecule has 1 aromatic carbocycles. The van der Waals surface area contributed by atoms with Crippen LogP contribution in [0.5, 0.6) is 0 Å². The number of nitrogens with zero attached hydrogens (tertiary/aromatic N) is 2. The van der Waals surface area contributed by atoms with Crippen molar-refractivity contribution in [1.29, 1.82) is 0 Å². The maximum atomic E-state index is 13.0. The number of unbranched alkanes of at least 4 members (excludes halogenated alkanes) is 1. The van der Waals surface area contributed by atoms with E-state index in [1.807, 2.05) is 30.0 Å². The van der Waals surface area contributed by atoms with Gasteiger partial charge in [0.15, 0.2) is 0 Å². The maximum Gasteiger partial charge on any atom is 0.231 e. The highest BCUT2D eigenvalue weighted by atomic mass is 32.2. The summed E-state index contributed by atoms with van der Waals surface area (Å²) >= 11 is 0. The Morgan fingerprint density at radius 3 is 2.83 bits per heavy atom. The second-order valence-corrected chi connectivity index (χ2v) is 8.82. The van der Waals surface area contributed by atoms with Crippen LogP contribution in [0.3, 0.4) is 0 Å². The van der Waals surface area contributed by atoms with Crippen LogP contribution in [0, 0.1) is 5.92 Å². The van der Waals surface area contributed by atoms with E-state index in [2.05, 4.69) is 6.07 Å². The first-order chi connectivity index (χ1) is 11.5. The minimum absolute atomic E-state index is 0.0790. The van der Waals surface area contributed by atoms with E-state index >= 15 is 0 Å². The number of sulfonamides is 1. The van der Waals surface area contributed by atoms with Crippen molar-refractivity contribution in [2.45, 2.75) is 39.0 Å². The van der Waals surface area contributed by atoms with Crippen LogP contribution >= 0.6 is 0 Å². The second-order valence-electron chi connectivity index (χ2n) is 6.74. The average molecular weight is 350 g/mol. The molecule has 132 valence electrons. The van der Waals surface area contributed by atoms with Crippen LogP contribution in [0.15, 0.2) is 24.3 Å². The number of fused-ring (bicyclic) bond motifs is 1. The van der Waals surface area contributed by atoms with E-state index < -0.39 is 10.0 Å². The summed E-state index contributed by atoms with van der Waals surface area (Å²) in [5.74, 6) is 0.0494. The number of anilines is 1. The Morgan fingerprint density at radius 2 is 2.04 bits per heavy atom. The van der Waals surface area contributed by atoms with Gasteiger partial charge in [-0.3, -0.25) is 4.79 Å². The van der Waals surface area contributed by atoms with Gasteiger partial charge >= 0.3 is 0 Å². The minimum atomic E-state index is -3.23. The third-order valence-corrected chi connectivity index (χ3v) is 6.96. The quantitative estimate of drug-likeness (QED) is 0.819. The molecule has 1 amide bonds. The average Bonchev–Trinajstić information content (AvgIpc) is 3.03. The maximum absolute atomic E-state index is 13.0.